The maximum absolute atomic E-state index is 12.5. The fraction of sp³-hybridized carbons (Fsp3) is 0.263. The molecule has 0 aliphatic heterocycles. The molecule has 0 bridgehead atoms. The number of carbonyl (C=O) groups is 2. The number of aryl methyl sites for hydroxylation is 1. The third kappa shape index (κ3) is 5.56. The maximum atomic E-state index is 12.5. The van der Waals surface area contributed by atoms with Gasteiger partial charge in [0.25, 0.3) is 0 Å². The van der Waals surface area contributed by atoms with Crippen molar-refractivity contribution in [2.75, 3.05) is 18.4 Å². The number of thiophene rings is 1. The number of para-hydroxylation sites is 1. The van der Waals surface area contributed by atoms with Gasteiger partial charge in [-0.2, -0.15) is 4.98 Å². The topological polar surface area (TPSA) is 88.3 Å². The monoisotopic (exact) mass is 452 g/mol. The third-order valence-electron chi connectivity index (χ3n) is 4.06. The SMILES string of the molecule is CCN(CC(=O)Nc1c(Cl)cccc1Cl)C(=O)CCc1nc(-c2cccs2)no1. The summed E-state index contributed by atoms with van der Waals surface area (Å²) in [6, 6.07) is 8.73. The molecule has 2 amide bonds. The number of carbonyl (C=O) groups excluding carboxylic acids is 2. The Balaban J connectivity index is 1.54. The molecule has 0 saturated heterocycles. The lowest BCUT2D eigenvalue weighted by molar-refractivity contribution is -0.134. The zero-order chi connectivity index (χ0) is 20.8. The van der Waals surface area contributed by atoms with E-state index in [0.717, 1.165) is 4.88 Å². The van der Waals surface area contributed by atoms with E-state index in [4.69, 9.17) is 27.7 Å². The molecule has 0 aliphatic carbocycles. The number of nitrogens with zero attached hydrogens (tertiary/aromatic N) is 3. The highest BCUT2D eigenvalue weighted by molar-refractivity contribution is 7.13. The van der Waals surface area contributed by atoms with Crippen LogP contribution >= 0.6 is 34.5 Å². The first kappa shape index (κ1) is 21.3. The Kier molecular flexibility index (Phi) is 7.24. The minimum atomic E-state index is -0.382. The van der Waals surface area contributed by atoms with Crippen LogP contribution in [0.2, 0.25) is 10.0 Å². The second-order valence-corrected chi connectivity index (χ2v) is 7.80. The molecule has 29 heavy (non-hydrogen) atoms. The summed E-state index contributed by atoms with van der Waals surface area (Å²) in [6.45, 7) is 2.07. The largest absolute Gasteiger partial charge is 0.339 e. The van der Waals surface area contributed by atoms with E-state index in [0.29, 0.717) is 40.4 Å². The summed E-state index contributed by atoms with van der Waals surface area (Å²) in [6.07, 6.45) is 0.450. The van der Waals surface area contributed by atoms with E-state index in [1.807, 2.05) is 17.5 Å². The van der Waals surface area contributed by atoms with Crippen LogP contribution in [0.4, 0.5) is 5.69 Å². The lowest BCUT2D eigenvalue weighted by atomic mass is 10.2. The zero-order valence-corrected chi connectivity index (χ0v) is 17.9. The van der Waals surface area contributed by atoms with Crippen molar-refractivity contribution in [2.24, 2.45) is 0 Å². The minimum Gasteiger partial charge on any atom is -0.339 e. The van der Waals surface area contributed by atoms with Crippen LogP contribution in [-0.2, 0) is 16.0 Å². The smallest absolute Gasteiger partial charge is 0.244 e. The Hall–Kier alpha value is -2.42. The molecule has 0 spiro atoms. The molecular weight excluding hydrogens is 435 g/mol. The van der Waals surface area contributed by atoms with Crippen molar-refractivity contribution >= 4 is 52.0 Å². The molecule has 0 radical (unpaired) electrons. The van der Waals surface area contributed by atoms with Crippen LogP contribution in [0.3, 0.4) is 0 Å². The number of anilines is 1. The van der Waals surface area contributed by atoms with Gasteiger partial charge in [0.05, 0.1) is 27.2 Å². The van der Waals surface area contributed by atoms with Crippen molar-refractivity contribution in [3.8, 4) is 10.7 Å². The Morgan fingerprint density at radius 1 is 1.21 bits per heavy atom. The van der Waals surface area contributed by atoms with Crippen LogP contribution in [0.25, 0.3) is 10.7 Å². The van der Waals surface area contributed by atoms with E-state index in [2.05, 4.69) is 15.5 Å². The van der Waals surface area contributed by atoms with E-state index in [9.17, 15) is 9.59 Å². The molecule has 2 heterocycles. The van der Waals surface area contributed by atoms with Gasteiger partial charge in [-0.25, -0.2) is 0 Å². The second kappa shape index (κ2) is 9.87. The van der Waals surface area contributed by atoms with Crippen molar-refractivity contribution < 1.29 is 14.1 Å². The Morgan fingerprint density at radius 3 is 2.62 bits per heavy atom. The van der Waals surface area contributed by atoms with Crippen LogP contribution in [0.1, 0.15) is 19.2 Å². The summed E-state index contributed by atoms with van der Waals surface area (Å²) < 4.78 is 5.20. The highest BCUT2D eigenvalue weighted by Gasteiger charge is 2.19. The lowest BCUT2D eigenvalue weighted by Gasteiger charge is -2.20. The second-order valence-electron chi connectivity index (χ2n) is 6.04. The van der Waals surface area contributed by atoms with E-state index in [-0.39, 0.29) is 24.8 Å². The van der Waals surface area contributed by atoms with E-state index in [1.54, 1.807) is 25.1 Å². The molecule has 1 aromatic carbocycles. The first-order valence-electron chi connectivity index (χ1n) is 8.86. The van der Waals surface area contributed by atoms with Gasteiger partial charge in [0.15, 0.2) is 0 Å². The van der Waals surface area contributed by atoms with Gasteiger partial charge in [-0.05, 0) is 30.5 Å². The summed E-state index contributed by atoms with van der Waals surface area (Å²) in [7, 11) is 0. The van der Waals surface area contributed by atoms with Gasteiger partial charge in [0.2, 0.25) is 23.5 Å². The van der Waals surface area contributed by atoms with Gasteiger partial charge in [0.1, 0.15) is 0 Å². The van der Waals surface area contributed by atoms with Gasteiger partial charge in [-0.3, -0.25) is 9.59 Å². The predicted octanol–water partition coefficient (Wildman–Crippen LogP) is 4.52. The van der Waals surface area contributed by atoms with Crippen LogP contribution < -0.4 is 5.32 Å². The molecule has 2 aromatic heterocycles. The fourth-order valence-electron chi connectivity index (χ4n) is 2.58. The quantitative estimate of drug-likeness (QED) is 0.542. The highest BCUT2D eigenvalue weighted by atomic mass is 35.5. The third-order valence-corrected chi connectivity index (χ3v) is 5.55. The van der Waals surface area contributed by atoms with Gasteiger partial charge >= 0.3 is 0 Å². The van der Waals surface area contributed by atoms with Crippen molar-refractivity contribution in [2.45, 2.75) is 19.8 Å². The molecule has 0 aliphatic rings. The van der Waals surface area contributed by atoms with Crippen molar-refractivity contribution in [1.82, 2.24) is 15.0 Å². The average molecular weight is 453 g/mol. The van der Waals surface area contributed by atoms with E-state index in [1.165, 1.54) is 16.2 Å². The zero-order valence-electron chi connectivity index (χ0n) is 15.5. The summed E-state index contributed by atoms with van der Waals surface area (Å²) in [4.78, 5) is 31.5. The summed E-state index contributed by atoms with van der Waals surface area (Å²) >= 11 is 13.6. The summed E-state index contributed by atoms with van der Waals surface area (Å²) in [5, 5.41) is 9.17. The van der Waals surface area contributed by atoms with Gasteiger partial charge < -0.3 is 14.7 Å². The number of amides is 2. The van der Waals surface area contributed by atoms with E-state index < -0.39 is 0 Å². The number of likely N-dealkylation sites (N-methyl/N-ethyl adjacent to an activating group) is 1. The number of benzene rings is 1. The molecule has 3 aromatic rings. The Labute approximate surface area is 181 Å². The Morgan fingerprint density at radius 2 is 1.97 bits per heavy atom. The van der Waals surface area contributed by atoms with Gasteiger partial charge in [0, 0.05) is 19.4 Å². The van der Waals surface area contributed by atoms with Gasteiger partial charge in [-0.15, -0.1) is 11.3 Å². The fourth-order valence-corrected chi connectivity index (χ4v) is 3.72. The Bertz CT molecular complexity index is 971. The molecule has 0 fully saturated rings. The normalized spacial score (nSPS) is 10.7. The molecule has 10 heteroatoms. The molecule has 1 N–H and O–H groups in total. The molecule has 7 nitrogen and oxygen atoms in total. The highest BCUT2D eigenvalue weighted by Crippen LogP contribution is 2.29. The first-order valence-corrected chi connectivity index (χ1v) is 10.5. The lowest BCUT2D eigenvalue weighted by Crippen LogP contribution is -2.38. The number of nitrogens with one attached hydrogen (secondary N) is 1. The molecular formula is C19H18Cl2N4O3S. The van der Waals surface area contributed by atoms with Crippen LogP contribution in [-0.4, -0.2) is 39.9 Å². The number of hydrogen-bond donors (Lipinski definition) is 1. The van der Waals surface area contributed by atoms with Crippen LogP contribution in [0.5, 0.6) is 0 Å². The summed E-state index contributed by atoms with van der Waals surface area (Å²) in [5.41, 5.74) is 0.330. The van der Waals surface area contributed by atoms with Crippen molar-refractivity contribution in [1.29, 1.82) is 0 Å². The van der Waals surface area contributed by atoms with Crippen LogP contribution in [0.15, 0.2) is 40.2 Å². The van der Waals surface area contributed by atoms with E-state index >= 15 is 0 Å². The summed E-state index contributed by atoms with van der Waals surface area (Å²) in [5.74, 6) is 0.313. The first-order chi connectivity index (χ1) is 14.0. The number of hydrogen-bond acceptors (Lipinski definition) is 6. The maximum Gasteiger partial charge on any atom is 0.244 e. The molecule has 0 unspecified atom stereocenters. The number of halogens is 2. The molecule has 0 saturated carbocycles. The van der Waals surface area contributed by atoms with Gasteiger partial charge in [-0.1, -0.05) is 40.5 Å². The average Bonchev–Trinajstić information content (AvgIpc) is 3.38. The predicted molar refractivity (Wildman–Crippen MR) is 113 cm³/mol. The minimum absolute atomic E-state index is 0.110. The molecule has 3 rings (SSSR count). The number of rotatable bonds is 8. The van der Waals surface area contributed by atoms with Crippen molar-refractivity contribution in [3.05, 3.63) is 51.6 Å². The number of aromatic nitrogens is 2. The van der Waals surface area contributed by atoms with Crippen molar-refractivity contribution in [3.63, 3.8) is 0 Å². The molecule has 0 atom stereocenters. The standard InChI is InChI=1S/C19H18Cl2N4O3S/c1-2-25(11-15(26)22-18-12(20)5-3-6-13(18)21)17(27)9-8-16-23-19(24-28-16)14-7-4-10-29-14/h3-7,10H,2,8-9,11H2,1H3,(H,22,26). The van der Waals surface area contributed by atoms with Crippen LogP contribution in [0, 0.1) is 0 Å². The molecule has 152 valence electrons.